The highest BCUT2D eigenvalue weighted by atomic mass is 28.1. The first kappa shape index (κ1) is 35.4. The largest absolute Gasteiger partial charge is 0.311 e. The maximum atomic E-state index is 2.61. The van der Waals surface area contributed by atoms with Crippen LogP contribution in [0.1, 0.15) is 111 Å². The maximum Gasteiger partial charge on any atom is 0.252 e. The van der Waals surface area contributed by atoms with E-state index in [9.17, 15) is 0 Å². The van der Waals surface area contributed by atoms with Crippen LogP contribution in [0.3, 0.4) is 0 Å². The lowest BCUT2D eigenvalue weighted by atomic mass is 9.33. The van der Waals surface area contributed by atoms with E-state index in [1.54, 1.807) is 0 Å². The van der Waals surface area contributed by atoms with Crippen LogP contribution in [0.4, 0.5) is 34.1 Å². The van der Waals surface area contributed by atoms with E-state index in [0.29, 0.717) is 0 Å². The Labute approximate surface area is 311 Å². The maximum absolute atomic E-state index is 2.61. The Morgan fingerprint density at radius 3 is 1.59 bits per heavy atom. The topological polar surface area (TPSA) is 6.48 Å². The molecular weight excluding hydrogens is 631 g/mol. The number of rotatable bonds is 2. The molecule has 0 bridgehead atoms. The Morgan fingerprint density at radius 1 is 0.471 bits per heavy atom. The normalized spacial score (nSPS) is 14.4. The van der Waals surface area contributed by atoms with Crippen molar-refractivity contribution in [2.75, 3.05) is 9.80 Å². The number of fused-ring (bicyclic) bond motifs is 4. The number of benzene rings is 5. The van der Waals surface area contributed by atoms with Crippen LogP contribution in [0.15, 0.2) is 91.0 Å². The fourth-order valence-corrected chi connectivity index (χ4v) is 8.65. The van der Waals surface area contributed by atoms with E-state index in [1.165, 1.54) is 83.5 Å². The van der Waals surface area contributed by atoms with E-state index in [4.69, 9.17) is 0 Å². The number of hydrogen-bond donors (Lipinski definition) is 0. The van der Waals surface area contributed by atoms with Crippen molar-refractivity contribution in [2.24, 2.45) is 0 Å². The quantitative estimate of drug-likeness (QED) is 0.167. The first-order chi connectivity index (χ1) is 23.6. The van der Waals surface area contributed by atoms with E-state index in [-0.39, 0.29) is 28.4 Å². The Bertz CT molecular complexity index is 2150. The highest BCUT2D eigenvalue weighted by Gasteiger charge is 2.44. The van der Waals surface area contributed by atoms with Gasteiger partial charge in [0, 0.05) is 44.4 Å². The van der Waals surface area contributed by atoms with Crippen LogP contribution >= 0.6 is 0 Å². The summed E-state index contributed by atoms with van der Waals surface area (Å²) in [5, 5.41) is 1.43. The molecule has 2 aliphatic heterocycles. The Hall–Kier alpha value is -4.02. The van der Waals surface area contributed by atoms with Gasteiger partial charge >= 0.3 is 0 Å². The molecule has 4 heteroatoms. The number of para-hydroxylation sites is 1. The van der Waals surface area contributed by atoms with E-state index in [0.717, 1.165) is 10.2 Å². The number of nitrogens with zero attached hydrogens (tertiary/aromatic N) is 2. The molecule has 0 radical (unpaired) electrons. The lowest BCUT2D eigenvalue weighted by molar-refractivity contribution is 0.568. The summed E-state index contributed by atoms with van der Waals surface area (Å²) in [6, 6.07) is 36.0. The molecule has 0 fully saturated rings. The summed E-state index contributed by atoms with van der Waals surface area (Å²) in [7, 11) is 1.00. The van der Waals surface area contributed by atoms with Gasteiger partial charge in [-0.25, -0.2) is 0 Å². The molecule has 262 valence electrons. The molecule has 0 amide bonds. The van der Waals surface area contributed by atoms with Crippen molar-refractivity contribution in [1.29, 1.82) is 0 Å². The number of hydrogen-bond acceptors (Lipinski definition) is 2. The van der Waals surface area contributed by atoms with Crippen LogP contribution in [-0.2, 0) is 21.7 Å². The van der Waals surface area contributed by atoms with E-state index < -0.39 is 0 Å². The lowest BCUT2D eigenvalue weighted by Gasteiger charge is -2.46. The van der Waals surface area contributed by atoms with Gasteiger partial charge in [0.1, 0.15) is 0 Å². The molecule has 0 saturated carbocycles. The highest BCUT2D eigenvalue weighted by molar-refractivity contribution is 7.00. The molecule has 0 atom stereocenters. The van der Waals surface area contributed by atoms with Gasteiger partial charge in [-0.2, -0.15) is 0 Å². The van der Waals surface area contributed by atoms with Crippen LogP contribution in [0, 0.1) is 6.92 Å². The van der Waals surface area contributed by atoms with Gasteiger partial charge in [-0.05, 0) is 115 Å². The zero-order chi connectivity index (χ0) is 37.0. The number of anilines is 6. The first-order valence-electron chi connectivity index (χ1n) is 18.9. The minimum atomic E-state index is -0.0217. The van der Waals surface area contributed by atoms with E-state index in [2.05, 4.69) is 191 Å². The summed E-state index contributed by atoms with van der Waals surface area (Å²) in [5.74, 6) is 0. The molecule has 2 aliphatic rings. The third-order valence-corrected chi connectivity index (χ3v) is 11.7. The average molecular weight is 689 g/mol. The van der Waals surface area contributed by atoms with Crippen molar-refractivity contribution in [2.45, 2.75) is 112 Å². The van der Waals surface area contributed by atoms with Gasteiger partial charge in [-0.3, -0.25) is 0 Å². The van der Waals surface area contributed by atoms with E-state index >= 15 is 0 Å². The van der Waals surface area contributed by atoms with Gasteiger partial charge in [-0.15, -0.1) is 0 Å². The predicted molar refractivity (Wildman–Crippen MR) is 230 cm³/mol. The summed E-state index contributed by atoms with van der Waals surface area (Å²) >= 11 is 0. The van der Waals surface area contributed by atoms with Crippen molar-refractivity contribution >= 4 is 72.7 Å². The second-order valence-corrected chi connectivity index (χ2v) is 20.6. The standard InChI is InChI=1S/C47H57BN2Si/c1-29-22-41-43-42(23-29)50(38-17-15-14-16-35(38)47(11,12)13)40-21-19-34(51)28-37(40)48(43)36-27-30(44(2,3)4)18-20-39(36)49(41)33-25-31(45(5,6)7)24-32(26-33)46(8,9)10/h14-28H,1-13,51H3. The Kier molecular flexibility index (Phi) is 8.15. The van der Waals surface area contributed by atoms with Crippen LogP contribution in [0.5, 0.6) is 0 Å². The zero-order valence-corrected chi connectivity index (χ0v) is 35.6. The van der Waals surface area contributed by atoms with Gasteiger partial charge in [0.05, 0.1) is 0 Å². The SMILES string of the molecule is Cc1cc2c3c(c1)N(c1ccccc1C(C)(C)C)c1ccc([SiH3])cc1B3c1cc(C(C)(C)C)ccc1N2c1cc(C(C)(C)C)cc(C(C)(C)C)c1. The monoisotopic (exact) mass is 688 g/mol. The summed E-state index contributed by atoms with van der Waals surface area (Å²) in [5.41, 5.74) is 18.6. The van der Waals surface area contributed by atoms with Crippen molar-refractivity contribution in [3.63, 3.8) is 0 Å². The molecular formula is C47H57BN2Si. The van der Waals surface area contributed by atoms with Gasteiger partial charge in [0.2, 0.25) is 0 Å². The van der Waals surface area contributed by atoms with Crippen LogP contribution in [0.25, 0.3) is 0 Å². The van der Waals surface area contributed by atoms with Crippen molar-refractivity contribution < 1.29 is 0 Å². The molecule has 2 heterocycles. The Morgan fingerprint density at radius 2 is 1.00 bits per heavy atom. The highest BCUT2D eigenvalue weighted by Crippen LogP contribution is 2.48. The summed E-state index contributed by atoms with van der Waals surface area (Å²) in [4.78, 5) is 5.21. The molecule has 0 spiro atoms. The molecule has 5 aromatic rings. The molecule has 51 heavy (non-hydrogen) atoms. The van der Waals surface area contributed by atoms with Gasteiger partial charge in [0.25, 0.3) is 6.71 Å². The molecule has 0 unspecified atom stereocenters. The number of aryl methyl sites for hydroxylation is 1. The first-order valence-corrected chi connectivity index (χ1v) is 19.9. The van der Waals surface area contributed by atoms with Crippen LogP contribution in [-0.4, -0.2) is 17.0 Å². The fourth-order valence-electron chi connectivity index (χ4n) is 8.18. The van der Waals surface area contributed by atoms with Crippen molar-refractivity contribution in [1.82, 2.24) is 0 Å². The van der Waals surface area contributed by atoms with Crippen molar-refractivity contribution in [3.8, 4) is 0 Å². The third kappa shape index (κ3) is 6.08. The lowest BCUT2D eigenvalue weighted by Crippen LogP contribution is -2.62. The van der Waals surface area contributed by atoms with Crippen LogP contribution in [0.2, 0.25) is 0 Å². The van der Waals surface area contributed by atoms with Gasteiger partial charge < -0.3 is 9.80 Å². The molecule has 0 aliphatic carbocycles. The average Bonchev–Trinajstić information content (AvgIpc) is 3.02. The van der Waals surface area contributed by atoms with Gasteiger partial charge in [0.15, 0.2) is 0 Å². The fraction of sp³-hybridized carbons (Fsp3) is 0.362. The molecule has 2 nitrogen and oxygen atoms in total. The molecule has 0 saturated heterocycles. The molecule has 5 aromatic carbocycles. The summed E-state index contributed by atoms with van der Waals surface area (Å²) in [6.07, 6.45) is 0. The van der Waals surface area contributed by atoms with Crippen molar-refractivity contribution in [3.05, 3.63) is 119 Å². The third-order valence-electron chi connectivity index (χ3n) is 11.1. The minimum absolute atomic E-state index is 0.00705. The van der Waals surface area contributed by atoms with E-state index in [1.807, 2.05) is 0 Å². The summed E-state index contributed by atoms with van der Waals surface area (Å²) < 4.78 is 0. The zero-order valence-electron chi connectivity index (χ0n) is 33.6. The molecule has 0 aromatic heterocycles. The second-order valence-electron chi connectivity index (χ2n) is 19.4. The molecule has 0 N–H and O–H groups in total. The predicted octanol–water partition coefficient (Wildman–Crippen LogP) is 9.26. The molecule has 7 rings (SSSR count). The summed E-state index contributed by atoms with van der Waals surface area (Å²) in [6.45, 7) is 30.5. The minimum Gasteiger partial charge on any atom is -0.311 e. The Balaban J connectivity index is 1.63. The smallest absolute Gasteiger partial charge is 0.252 e. The van der Waals surface area contributed by atoms with Crippen LogP contribution < -0.4 is 31.4 Å². The van der Waals surface area contributed by atoms with Gasteiger partial charge in [-0.1, -0.05) is 137 Å². The second kappa shape index (κ2) is 11.8.